The van der Waals surface area contributed by atoms with Crippen LogP contribution in [0.15, 0.2) is 22.8 Å². The van der Waals surface area contributed by atoms with Crippen molar-refractivity contribution in [1.82, 2.24) is 4.98 Å². The Balaban J connectivity index is 2.85. The van der Waals surface area contributed by atoms with Crippen LogP contribution in [-0.4, -0.2) is 12.1 Å². The quantitative estimate of drug-likeness (QED) is 0.833. The van der Waals surface area contributed by atoms with Gasteiger partial charge in [-0.25, -0.2) is 0 Å². The first kappa shape index (κ1) is 8.91. The van der Waals surface area contributed by atoms with Gasteiger partial charge in [-0.05, 0) is 28.1 Å². The molecule has 0 unspecified atom stereocenters. The van der Waals surface area contributed by atoms with E-state index >= 15 is 0 Å². The number of hydrogen-bond donors (Lipinski definition) is 1. The van der Waals surface area contributed by atoms with Crippen molar-refractivity contribution in [2.24, 2.45) is 0 Å². The molecule has 13 heavy (non-hydrogen) atoms. The highest BCUT2D eigenvalue weighted by Crippen LogP contribution is 2.36. The smallest absolute Gasteiger partial charge is 0.139 e. The van der Waals surface area contributed by atoms with E-state index in [1.54, 1.807) is 7.11 Å². The first-order chi connectivity index (χ1) is 6.24. The first-order valence-electron chi connectivity index (χ1n) is 3.73. The molecule has 1 N–H and O–H groups in total. The van der Waals surface area contributed by atoms with E-state index in [1.165, 1.54) is 0 Å². The third-order valence-corrected chi connectivity index (χ3v) is 2.93. The molecule has 2 rings (SSSR count). The van der Waals surface area contributed by atoms with E-state index in [0.29, 0.717) is 10.8 Å². The monoisotopic (exact) mass is 259 g/mol. The largest absolute Gasteiger partial charge is 0.495 e. The highest BCUT2D eigenvalue weighted by molar-refractivity contribution is 9.10. The van der Waals surface area contributed by atoms with Gasteiger partial charge in [-0.2, -0.15) is 0 Å². The maximum atomic E-state index is 6.09. The topological polar surface area (TPSA) is 25.0 Å². The second-order valence-corrected chi connectivity index (χ2v) is 3.87. The minimum absolute atomic E-state index is 0.641. The molecule has 0 saturated heterocycles. The number of halogens is 2. The van der Waals surface area contributed by atoms with Gasteiger partial charge in [-0.1, -0.05) is 11.6 Å². The Morgan fingerprint density at radius 2 is 2.31 bits per heavy atom. The molecule has 68 valence electrons. The van der Waals surface area contributed by atoms with Crippen LogP contribution in [0.1, 0.15) is 0 Å². The van der Waals surface area contributed by atoms with Gasteiger partial charge in [0.25, 0.3) is 0 Å². The Kier molecular flexibility index (Phi) is 2.22. The molecule has 0 aliphatic heterocycles. The highest BCUT2D eigenvalue weighted by atomic mass is 79.9. The number of aromatic amines is 1. The minimum atomic E-state index is 0.641. The van der Waals surface area contributed by atoms with Crippen LogP contribution in [0.5, 0.6) is 5.75 Å². The van der Waals surface area contributed by atoms with E-state index < -0.39 is 0 Å². The van der Waals surface area contributed by atoms with Crippen LogP contribution in [0.3, 0.4) is 0 Å². The molecular formula is C9H7BrClNO. The molecule has 0 spiro atoms. The molecule has 1 heterocycles. The Bertz CT molecular complexity index is 452. The Morgan fingerprint density at radius 1 is 1.54 bits per heavy atom. The van der Waals surface area contributed by atoms with Crippen molar-refractivity contribution in [3.8, 4) is 5.75 Å². The number of hydrogen-bond acceptors (Lipinski definition) is 1. The number of ether oxygens (including phenoxy) is 1. The summed E-state index contributed by atoms with van der Waals surface area (Å²) >= 11 is 9.52. The predicted molar refractivity (Wildman–Crippen MR) is 57.6 cm³/mol. The lowest BCUT2D eigenvalue weighted by molar-refractivity contribution is 0.415. The van der Waals surface area contributed by atoms with Gasteiger partial charge in [-0.3, -0.25) is 0 Å². The molecule has 1 aromatic carbocycles. The fraction of sp³-hybridized carbons (Fsp3) is 0.111. The Labute approximate surface area is 89.0 Å². The normalized spacial score (nSPS) is 10.7. The van der Waals surface area contributed by atoms with Gasteiger partial charge in [0.15, 0.2) is 0 Å². The van der Waals surface area contributed by atoms with Gasteiger partial charge in [0.2, 0.25) is 0 Å². The van der Waals surface area contributed by atoms with Crippen molar-refractivity contribution >= 4 is 38.4 Å². The molecule has 2 nitrogen and oxygen atoms in total. The van der Waals surface area contributed by atoms with Crippen LogP contribution < -0.4 is 4.74 Å². The summed E-state index contributed by atoms with van der Waals surface area (Å²) in [5.74, 6) is 0.681. The van der Waals surface area contributed by atoms with E-state index in [0.717, 1.165) is 15.4 Å². The zero-order valence-electron chi connectivity index (χ0n) is 6.90. The number of rotatable bonds is 1. The van der Waals surface area contributed by atoms with Gasteiger partial charge in [0, 0.05) is 16.1 Å². The minimum Gasteiger partial charge on any atom is -0.495 e. The van der Waals surface area contributed by atoms with E-state index in [-0.39, 0.29) is 0 Å². The van der Waals surface area contributed by atoms with Crippen molar-refractivity contribution in [3.63, 3.8) is 0 Å². The van der Waals surface area contributed by atoms with Crippen LogP contribution in [-0.2, 0) is 0 Å². The van der Waals surface area contributed by atoms with Gasteiger partial charge >= 0.3 is 0 Å². The molecular weight excluding hydrogens is 253 g/mol. The number of aromatic nitrogens is 1. The van der Waals surface area contributed by atoms with E-state index in [4.69, 9.17) is 16.3 Å². The zero-order valence-corrected chi connectivity index (χ0v) is 9.24. The van der Waals surface area contributed by atoms with Gasteiger partial charge in [-0.15, -0.1) is 0 Å². The van der Waals surface area contributed by atoms with Crippen molar-refractivity contribution in [1.29, 1.82) is 0 Å². The summed E-state index contributed by atoms with van der Waals surface area (Å²) in [5.41, 5.74) is 0.991. The number of fused-ring (bicyclic) bond motifs is 1. The van der Waals surface area contributed by atoms with Crippen LogP contribution in [0, 0.1) is 0 Å². The number of H-pyrrole nitrogens is 1. The molecule has 0 aliphatic rings. The fourth-order valence-electron chi connectivity index (χ4n) is 1.28. The molecule has 2 aromatic rings. The maximum absolute atomic E-state index is 6.09. The van der Waals surface area contributed by atoms with Gasteiger partial charge in [0.1, 0.15) is 5.75 Å². The summed E-state index contributed by atoms with van der Waals surface area (Å²) in [7, 11) is 1.60. The van der Waals surface area contributed by atoms with E-state index in [1.807, 2.05) is 18.3 Å². The summed E-state index contributed by atoms with van der Waals surface area (Å²) in [4.78, 5) is 3.09. The van der Waals surface area contributed by atoms with Crippen LogP contribution in [0.4, 0.5) is 0 Å². The van der Waals surface area contributed by atoms with Crippen molar-refractivity contribution < 1.29 is 4.74 Å². The Morgan fingerprint density at radius 3 is 3.00 bits per heavy atom. The molecule has 0 bridgehead atoms. The van der Waals surface area contributed by atoms with Crippen molar-refractivity contribution in [3.05, 3.63) is 27.8 Å². The maximum Gasteiger partial charge on any atom is 0.139 e. The Hall–Kier alpha value is -0.670. The highest BCUT2D eigenvalue weighted by Gasteiger charge is 2.09. The SMILES string of the molecule is COc1cc(Br)c2[nH]ccc2c1Cl. The van der Waals surface area contributed by atoms with Crippen LogP contribution >= 0.6 is 27.5 Å². The zero-order chi connectivity index (χ0) is 9.42. The molecule has 0 aliphatic carbocycles. The first-order valence-corrected chi connectivity index (χ1v) is 4.90. The second-order valence-electron chi connectivity index (χ2n) is 2.64. The van der Waals surface area contributed by atoms with Crippen molar-refractivity contribution in [2.45, 2.75) is 0 Å². The molecule has 0 radical (unpaired) electrons. The molecule has 0 saturated carbocycles. The van der Waals surface area contributed by atoms with Gasteiger partial charge < -0.3 is 9.72 Å². The van der Waals surface area contributed by atoms with E-state index in [9.17, 15) is 0 Å². The standard InChI is InChI=1S/C9H7BrClNO/c1-13-7-4-6(10)9-5(8(7)11)2-3-12-9/h2-4,12H,1H3. The summed E-state index contributed by atoms with van der Waals surface area (Å²) in [6, 6.07) is 3.77. The van der Waals surface area contributed by atoms with Crippen LogP contribution in [0.25, 0.3) is 10.9 Å². The lowest BCUT2D eigenvalue weighted by atomic mass is 10.2. The average Bonchev–Trinajstić information content (AvgIpc) is 2.60. The van der Waals surface area contributed by atoms with Crippen LogP contribution in [0.2, 0.25) is 5.02 Å². The molecule has 0 fully saturated rings. The summed E-state index contributed by atoms with van der Waals surface area (Å²) in [6.07, 6.45) is 1.85. The van der Waals surface area contributed by atoms with Crippen molar-refractivity contribution in [2.75, 3.05) is 7.11 Å². The van der Waals surface area contributed by atoms with E-state index in [2.05, 4.69) is 20.9 Å². The molecule has 0 amide bonds. The second kappa shape index (κ2) is 3.24. The number of methoxy groups -OCH3 is 1. The fourth-order valence-corrected chi connectivity index (χ4v) is 2.11. The predicted octanol–water partition coefficient (Wildman–Crippen LogP) is 3.59. The average molecular weight is 261 g/mol. The third-order valence-electron chi connectivity index (χ3n) is 1.92. The third kappa shape index (κ3) is 1.32. The molecule has 0 atom stereocenters. The molecule has 1 aromatic heterocycles. The summed E-state index contributed by atoms with van der Waals surface area (Å²) in [5, 5.41) is 1.61. The number of nitrogens with one attached hydrogen (secondary N) is 1. The summed E-state index contributed by atoms with van der Waals surface area (Å²) in [6.45, 7) is 0. The summed E-state index contributed by atoms with van der Waals surface area (Å²) < 4.78 is 6.08. The molecule has 4 heteroatoms. The number of benzene rings is 1. The lowest BCUT2D eigenvalue weighted by Gasteiger charge is -2.04. The lowest BCUT2D eigenvalue weighted by Crippen LogP contribution is -1.85. The van der Waals surface area contributed by atoms with Gasteiger partial charge in [0.05, 0.1) is 17.6 Å².